The molecule has 0 fully saturated rings. The Hall–Kier alpha value is -2.37. The molecule has 0 spiro atoms. The Bertz CT molecular complexity index is 1010. The number of aromatic nitrogens is 1. The molecular weight excluding hydrogens is 368 g/mol. The first-order valence-electron chi connectivity index (χ1n) is 9.70. The van der Waals surface area contributed by atoms with Gasteiger partial charge < -0.3 is 15.0 Å². The second-order valence-electron chi connectivity index (χ2n) is 7.18. The molecule has 0 amide bonds. The van der Waals surface area contributed by atoms with E-state index in [1.165, 1.54) is 11.0 Å². The topological polar surface area (TPSA) is 54.1 Å². The Kier molecular flexibility index (Phi) is 5.93. The van der Waals surface area contributed by atoms with Crippen molar-refractivity contribution < 1.29 is 8.95 Å². The van der Waals surface area contributed by atoms with Crippen LogP contribution in [0.1, 0.15) is 24.0 Å². The Balaban J connectivity index is 1.35. The first kappa shape index (κ1) is 19.0. The van der Waals surface area contributed by atoms with Crippen molar-refractivity contribution in [1.29, 1.82) is 0 Å². The van der Waals surface area contributed by atoms with E-state index < -0.39 is 10.8 Å². The Morgan fingerprint density at radius 3 is 2.86 bits per heavy atom. The van der Waals surface area contributed by atoms with E-state index in [4.69, 9.17) is 4.74 Å². The third kappa shape index (κ3) is 4.21. The number of rotatable bonds is 7. The molecule has 0 bridgehead atoms. The molecule has 1 aliphatic heterocycles. The molecule has 0 saturated carbocycles. The zero-order valence-corrected chi connectivity index (χ0v) is 16.9. The van der Waals surface area contributed by atoms with Crippen molar-refractivity contribution in [3.63, 3.8) is 0 Å². The average Bonchev–Trinajstić information content (AvgIpc) is 3.15. The van der Waals surface area contributed by atoms with Crippen LogP contribution in [0.2, 0.25) is 0 Å². The predicted molar refractivity (Wildman–Crippen MR) is 117 cm³/mol. The molecule has 2 atom stereocenters. The van der Waals surface area contributed by atoms with Crippen LogP contribution in [0.3, 0.4) is 0 Å². The number of hydrogen-bond donors (Lipinski definition) is 2. The second-order valence-corrected chi connectivity index (χ2v) is 8.75. The molecule has 146 valence electrons. The normalized spacial score (nSPS) is 18.0. The van der Waals surface area contributed by atoms with Crippen molar-refractivity contribution in [2.24, 2.45) is 0 Å². The summed E-state index contributed by atoms with van der Waals surface area (Å²) >= 11 is 0. The molecule has 0 aliphatic carbocycles. The van der Waals surface area contributed by atoms with Gasteiger partial charge in [0.1, 0.15) is 5.75 Å². The van der Waals surface area contributed by atoms with Gasteiger partial charge in [0, 0.05) is 51.8 Å². The number of methoxy groups -OCH3 is 1. The lowest BCUT2D eigenvalue weighted by molar-refractivity contribution is 0.412. The quantitative estimate of drug-likeness (QED) is 0.630. The number of fused-ring (bicyclic) bond motifs is 1. The van der Waals surface area contributed by atoms with Crippen LogP contribution in [-0.4, -0.2) is 34.6 Å². The summed E-state index contributed by atoms with van der Waals surface area (Å²) in [5.74, 6) is 2.22. The third-order valence-electron chi connectivity index (χ3n) is 5.36. The molecule has 1 aromatic heterocycles. The largest absolute Gasteiger partial charge is 0.496 e. The number of ether oxygens (including phenoxy) is 1. The lowest BCUT2D eigenvalue weighted by Gasteiger charge is -2.25. The lowest BCUT2D eigenvalue weighted by Crippen LogP contribution is -2.34. The fourth-order valence-electron chi connectivity index (χ4n) is 3.87. The monoisotopic (exact) mass is 394 g/mol. The highest BCUT2D eigenvalue weighted by molar-refractivity contribution is 7.84. The molecular formula is C23H26N2O2S. The lowest BCUT2D eigenvalue weighted by atomic mass is 9.93. The smallest absolute Gasteiger partial charge is 0.126 e. The highest BCUT2D eigenvalue weighted by atomic mass is 32.2. The maximum absolute atomic E-state index is 12.7. The summed E-state index contributed by atoms with van der Waals surface area (Å²) in [5, 5.41) is 4.72. The van der Waals surface area contributed by atoms with Crippen molar-refractivity contribution in [2.75, 3.05) is 19.4 Å². The van der Waals surface area contributed by atoms with Crippen molar-refractivity contribution in [3.05, 3.63) is 71.9 Å². The van der Waals surface area contributed by atoms with E-state index in [1.54, 1.807) is 7.11 Å². The van der Waals surface area contributed by atoms with Gasteiger partial charge in [-0.1, -0.05) is 42.5 Å². The van der Waals surface area contributed by atoms with Gasteiger partial charge in [-0.3, -0.25) is 4.21 Å². The standard InChI is InChI=1S/C23H26N2O2S/c1-27-23-9-5-3-7-21(23)17-10-12-24-19(14-17)11-13-28(26)16-18-15-25-22-8-4-2-6-20(18)22/h2-10,15,19,24-25H,11-14,16H2,1H3. The van der Waals surface area contributed by atoms with E-state index >= 15 is 0 Å². The first-order chi connectivity index (χ1) is 13.7. The van der Waals surface area contributed by atoms with Gasteiger partial charge in [0.05, 0.1) is 12.9 Å². The molecule has 1 aliphatic rings. The number of aromatic amines is 1. The summed E-state index contributed by atoms with van der Waals surface area (Å²) in [6.07, 6.45) is 6.06. The minimum Gasteiger partial charge on any atom is -0.496 e. The summed E-state index contributed by atoms with van der Waals surface area (Å²) in [5.41, 5.74) is 4.72. The fourth-order valence-corrected chi connectivity index (χ4v) is 5.15. The van der Waals surface area contributed by atoms with Gasteiger partial charge in [-0.05, 0) is 36.1 Å². The molecule has 4 rings (SSSR count). The van der Waals surface area contributed by atoms with Gasteiger partial charge in [-0.15, -0.1) is 0 Å². The summed E-state index contributed by atoms with van der Waals surface area (Å²) in [6.45, 7) is 0.840. The zero-order chi connectivity index (χ0) is 19.3. The molecule has 2 N–H and O–H groups in total. The minimum atomic E-state index is -0.873. The summed E-state index contributed by atoms with van der Waals surface area (Å²) in [4.78, 5) is 3.27. The van der Waals surface area contributed by atoms with Crippen LogP contribution in [0.15, 0.2) is 60.8 Å². The van der Waals surface area contributed by atoms with E-state index in [9.17, 15) is 4.21 Å². The van der Waals surface area contributed by atoms with E-state index in [1.807, 2.05) is 36.5 Å². The van der Waals surface area contributed by atoms with Crippen molar-refractivity contribution >= 4 is 27.3 Å². The number of hydrogen-bond acceptors (Lipinski definition) is 3. The zero-order valence-electron chi connectivity index (χ0n) is 16.1. The van der Waals surface area contributed by atoms with Gasteiger partial charge in [0.2, 0.25) is 0 Å². The van der Waals surface area contributed by atoms with Crippen molar-refractivity contribution in [1.82, 2.24) is 10.3 Å². The highest BCUT2D eigenvalue weighted by Gasteiger charge is 2.19. The Morgan fingerprint density at radius 2 is 1.96 bits per heavy atom. The summed E-state index contributed by atoms with van der Waals surface area (Å²) in [7, 11) is 0.841. The first-order valence-corrected chi connectivity index (χ1v) is 11.2. The van der Waals surface area contributed by atoms with E-state index in [2.05, 4.69) is 34.6 Å². The van der Waals surface area contributed by atoms with Gasteiger partial charge in [0.15, 0.2) is 0 Å². The minimum absolute atomic E-state index is 0.344. The van der Waals surface area contributed by atoms with Crippen molar-refractivity contribution in [3.8, 4) is 5.75 Å². The Labute approximate surface area is 168 Å². The van der Waals surface area contributed by atoms with E-state index in [-0.39, 0.29) is 0 Å². The second kappa shape index (κ2) is 8.76. The van der Waals surface area contributed by atoms with Gasteiger partial charge in [0.25, 0.3) is 0 Å². The van der Waals surface area contributed by atoms with E-state index in [0.717, 1.165) is 41.8 Å². The molecule has 3 aromatic rings. The van der Waals surface area contributed by atoms with E-state index in [0.29, 0.717) is 17.5 Å². The SMILES string of the molecule is COc1ccccc1C1=CCNC(CCS(=O)Cc2c[nH]c3ccccc23)C1. The number of nitrogens with one attached hydrogen (secondary N) is 2. The van der Waals surface area contributed by atoms with Gasteiger partial charge in [-0.25, -0.2) is 0 Å². The number of benzene rings is 2. The average molecular weight is 395 g/mol. The molecule has 4 nitrogen and oxygen atoms in total. The molecule has 28 heavy (non-hydrogen) atoms. The van der Waals surface area contributed by atoms with Gasteiger partial charge in [-0.2, -0.15) is 0 Å². The molecule has 2 aromatic carbocycles. The highest BCUT2D eigenvalue weighted by Crippen LogP contribution is 2.31. The number of H-pyrrole nitrogens is 1. The fraction of sp³-hybridized carbons (Fsp3) is 0.304. The molecule has 2 unspecified atom stereocenters. The predicted octanol–water partition coefficient (Wildman–Crippen LogP) is 4.26. The maximum Gasteiger partial charge on any atom is 0.126 e. The van der Waals surface area contributed by atoms with Crippen LogP contribution in [-0.2, 0) is 16.6 Å². The summed E-state index contributed by atoms with van der Waals surface area (Å²) in [6, 6.07) is 16.7. The van der Waals surface area contributed by atoms with Crippen LogP contribution in [0.25, 0.3) is 16.5 Å². The van der Waals surface area contributed by atoms with Crippen LogP contribution >= 0.6 is 0 Å². The number of para-hydroxylation sites is 2. The molecule has 5 heteroatoms. The van der Waals surface area contributed by atoms with Crippen LogP contribution in [0.4, 0.5) is 0 Å². The van der Waals surface area contributed by atoms with Crippen molar-refractivity contribution in [2.45, 2.75) is 24.6 Å². The molecule has 2 heterocycles. The summed E-state index contributed by atoms with van der Waals surface area (Å²) < 4.78 is 18.2. The Morgan fingerprint density at radius 1 is 1.14 bits per heavy atom. The third-order valence-corrected chi connectivity index (χ3v) is 6.68. The molecule has 0 radical (unpaired) electrons. The van der Waals surface area contributed by atoms with Crippen LogP contribution in [0.5, 0.6) is 5.75 Å². The molecule has 0 saturated heterocycles. The van der Waals surface area contributed by atoms with Gasteiger partial charge >= 0.3 is 0 Å². The van der Waals surface area contributed by atoms with Crippen LogP contribution < -0.4 is 10.1 Å². The maximum atomic E-state index is 12.7. The van der Waals surface area contributed by atoms with Crippen LogP contribution in [0, 0.1) is 0 Å².